The molecule has 0 bridgehead atoms. The molecule has 2 heterocycles. The van der Waals surface area contributed by atoms with Crippen LogP contribution in [0, 0.1) is 5.92 Å². The average molecular weight is 440 g/mol. The van der Waals surface area contributed by atoms with Crippen molar-refractivity contribution in [2.24, 2.45) is 5.92 Å². The molecular formula is C26H34ClN3O. The Kier molecular flexibility index (Phi) is 8.01. The molecule has 2 saturated heterocycles. The van der Waals surface area contributed by atoms with Crippen LogP contribution in [0.5, 0.6) is 0 Å². The van der Waals surface area contributed by atoms with Crippen molar-refractivity contribution in [2.75, 3.05) is 26.2 Å². The molecule has 4 nitrogen and oxygen atoms in total. The number of nitrogens with one attached hydrogen (secondary N) is 1. The average Bonchev–Trinajstić information content (AvgIpc) is 2.81. The number of nitrogens with zero attached hydrogens (tertiary/aromatic N) is 2. The van der Waals surface area contributed by atoms with Gasteiger partial charge in [0.1, 0.15) is 0 Å². The van der Waals surface area contributed by atoms with Gasteiger partial charge in [-0.05, 0) is 68.1 Å². The largest absolute Gasteiger partial charge is 0.352 e. The molecule has 0 aliphatic carbocycles. The summed E-state index contributed by atoms with van der Waals surface area (Å²) in [6.07, 6.45) is 5.95. The SMILES string of the molecule is O=C(NCc1ccccc1CN1CCCCC1)[C@@H]1CCCN(Cc2ccccc2Cl)C1. The Morgan fingerprint density at radius 3 is 2.26 bits per heavy atom. The molecule has 2 aliphatic rings. The van der Waals surface area contributed by atoms with Gasteiger partial charge in [-0.25, -0.2) is 0 Å². The van der Waals surface area contributed by atoms with Crippen molar-refractivity contribution in [3.05, 3.63) is 70.2 Å². The third-order valence-corrected chi connectivity index (χ3v) is 7.01. The Hall–Kier alpha value is -1.88. The molecule has 2 aromatic carbocycles. The monoisotopic (exact) mass is 439 g/mol. The van der Waals surface area contributed by atoms with Crippen molar-refractivity contribution >= 4 is 17.5 Å². The predicted molar refractivity (Wildman–Crippen MR) is 127 cm³/mol. The minimum atomic E-state index is 0.0468. The summed E-state index contributed by atoms with van der Waals surface area (Å²) >= 11 is 6.34. The van der Waals surface area contributed by atoms with Crippen LogP contribution < -0.4 is 5.32 Å². The summed E-state index contributed by atoms with van der Waals surface area (Å²) < 4.78 is 0. The van der Waals surface area contributed by atoms with Crippen molar-refractivity contribution in [2.45, 2.75) is 51.7 Å². The Labute approximate surface area is 191 Å². The summed E-state index contributed by atoms with van der Waals surface area (Å²) in [6, 6.07) is 16.5. The number of amides is 1. The van der Waals surface area contributed by atoms with E-state index in [1.807, 2.05) is 18.2 Å². The molecule has 0 unspecified atom stereocenters. The molecule has 31 heavy (non-hydrogen) atoms. The normalized spacial score (nSPS) is 20.5. The molecule has 4 rings (SSSR count). The lowest BCUT2D eigenvalue weighted by Gasteiger charge is -2.32. The molecule has 1 atom stereocenters. The minimum Gasteiger partial charge on any atom is -0.352 e. The topological polar surface area (TPSA) is 35.6 Å². The second kappa shape index (κ2) is 11.1. The van der Waals surface area contributed by atoms with Crippen molar-refractivity contribution in [1.29, 1.82) is 0 Å². The predicted octanol–water partition coefficient (Wildman–Crippen LogP) is 4.85. The van der Waals surface area contributed by atoms with Crippen molar-refractivity contribution in [3.63, 3.8) is 0 Å². The fraction of sp³-hybridized carbons (Fsp3) is 0.500. The summed E-state index contributed by atoms with van der Waals surface area (Å²) in [4.78, 5) is 17.9. The van der Waals surface area contributed by atoms with Crippen LogP contribution in [0.25, 0.3) is 0 Å². The molecule has 0 aromatic heterocycles. The van der Waals surface area contributed by atoms with Crippen LogP contribution in [0.3, 0.4) is 0 Å². The highest BCUT2D eigenvalue weighted by Crippen LogP contribution is 2.23. The van der Waals surface area contributed by atoms with E-state index in [4.69, 9.17) is 11.6 Å². The Morgan fingerprint density at radius 1 is 0.839 bits per heavy atom. The van der Waals surface area contributed by atoms with E-state index in [9.17, 15) is 4.79 Å². The van der Waals surface area contributed by atoms with E-state index < -0.39 is 0 Å². The van der Waals surface area contributed by atoms with Gasteiger partial charge < -0.3 is 5.32 Å². The summed E-state index contributed by atoms with van der Waals surface area (Å²) in [5.41, 5.74) is 3.72. The van der Waals surface area contributed by atoms with Crippen LogP contribution in [-0.2, 0) is 24.4 Å². The van der Waals surface area contributed by atoms with Crippen LogP contribution in [0.4, 0.5) is 0 Å². The summed E-state index contributed by atoms with van der Waals surface area (Å²) in [5, 5.41) is 4.04. The van der Waals surface area contributed by atoms with Gasteiger partial charge in [0.05, 0.1) is 5.92 Å². The van der Waals surface area contributed by atoms with Gasteiger partial charge in [-0.1, -0.05) is 60.5 Å². The quantitative estimate of drug-likeness (QED) is 0.669. The number of benzene rings is 2. The number of likely N-dealkylation sites (tertiary alicyclic amines) is 2. The molecule has 2 aromatic rings. The molecule has 1 N–H and O–H groups in total. The van der Waals surface area contributed by atoms with Gasteiger partial charge in [0, 0.05) is 31.2 Å². The first-order valence-electron chi connectivity index (χ1n) is 11.7. The van der Waals surface area contributed by atoms with Crippen LogP contribution >= 0.6 is 11.6 Å². The zero-order valence-corrected chi connectivity index (χ0v) is 19.1. The zero-order chi connectivity index (χ0) is 21.5. The van der Waals surface area contributed by atoms with Crippen LogP contribution in [0.15, 0.2) is 48.5 Å². The number of carbonyl (C=O) groups is 1. The summed E-state index contributed by atoms with van der Waals surface area (Å²) in [6.45, 7) is 6.60. The Balaban J connectivity index is 1.31. The third-order valence-electron chi connectivity index (χ3n) is 6.64. The van der Waals surface area contributed by atoms with Crippen molar-refractivity contribution in [1.82, 2.24) is 15.1 Å². The molecule has 0 radical (unpaired) electrons. The third kappa shape index (κ3) is 6.31. The van der Waals surface area contributed by atoms with Gasteiger partial charge >= 0.3 is 0 Å². The van der Waals surface area contributed by atoms with E-state index in [-0.39, 0.29) is 11.8 Å². The fourth-order valence-corrected chi connectivity index (χ4v) is 5.05. The maximum atomic E-state index is 13.0. The van der Waals surface area contributed by atoms with Gasteiger partial charge in [0.15, 0.2) is 0 Å². The highest BCUT2D eigenvalue weighted by molar-refractivity contribution is 6.31. The van der Waals surface area contributed by atoms with Crippen molar-refractivity contribution in [3.8, 4) is 0 Å². The lowest BCUT2D eigenvalue weighted by Crippen LogP contribution is -2.42. The lowest BCUT2D eigenvalue weighted by atomic mass is 9.96. The molecule has 2 fully saturated rings. The second-order valence-electron chi connectivity index (χ2n) is 8.99. The van der Waals surface area contributed by atoms with Crippen LogP contribution in [0.1, 0.15) is 48.8 Å². The highest BCUT2D eigenvalue weighted by Gasteiger charge is 2.26. The first-order chi connectivity index (χ1) is 15.2. The maximum Gasteiger partial charge on any atom is 0.224 e. The van der Waals surface area contributed by atoms with Gasteiger partial charge in [-0.15, -0.1) is 0 Å². The van der Waals surface area contributed by atoms with Gasteiger partial charge in [0.2, 0.25) is 5.91 Å². The van der Waals surface area contributed by atoms with E-state index in [0.717, 1.165) is 49.6 Å². The van der Waals surface area contributed by atoms with Gasteiger partial charge in [-0.2, -0.15) is 0 Å². The van der Waals surface area contributed by atoms with Crippen molar-refractivity contribution < 1.29 is 4.79 Å². The molecule has 0 spiro atoms. The number of carbonyl (C=O) groups excluding carboxylic acids is 1. The standard InChI is InChI=1S/C26H34ClN3O/c27-25-13-5-4-11-23(25)19-30-16-8-12-24(20-30)26(31)28-17-21-9-2-3-10-22(21)18-29-14-6-1-7-15-29/h2-5,9-11,13,24H,1,6-8,12,14-20H2,(H,28,31)/t24-/m1/s1. The fourth-order valence-electron chi connectivity index (χ4n) is 4.85. The summed E-state index contributed by atoms with van der Waals surface area (Å²) in [5.74, 6) is 0.224. The van der Waals surface area contributed by atoms with E-state index in [1.165, 1.54) is 43.5 Å². The van der Waals surface area contributed by atoms with E-state index >= 15 is 0 Å². The maximum absolute atomic E-state index is 13.0. The van der Waals surface area contributed by atoms with Gasteiger partial charge in [0.25, 0.3) is 0 Å². The molecule has 0 saturated carbocycles. The highest BCUT2D eigenvalue weighted by atomic mass is 35.5. The first-order valence-corrected chi connectivity index (χ1v) is 12.1. The molecule has 1 amide bonds. The zero-order valence-electron chi connectivity index (χ0n) is 18.4. The van der Waals surface area contributed by atoms with E-state index in [1.54, 1.807) is 0 Å². The molecule has 2 aliphatic heterocycles. The first kappa shape index (κ1) is 22.3. The van der Waals surface area contributed by atoms with Gasteiger partial charge in [-0.3, -0.25) is 14.6 Å². The number of hydrogen-bond donors (Lipinski definition) is 1. The van der Waals surface area contributed by atoms with Crippen LogP contribution in [0.2, 0.25) is 5.02 Å². The van der Waals surface area contributed by atoms with E-state index in [2.05, 4.69) is 45.4 Å². The summed E-state index contributed by atoms with van der Waals surface area (Å²) in [7, 11) is 0. The molecule has 166 valence electrons. The second-order valence-corrected chi connectivity index (χ2v) is 9.40. The minimum absolute atomic E-state index is 0.0468. The number of halogens is 1. The lowest BCUT2D eigenvalue weighted by molar-refractivity contribution is -0.126. The Bertz CT molecular complexity index is 865. The van der Waals surface area contributed by atoms with E-state index in [0.29, 0.717) is 6.54 Å². The smallest absolute Gasteiger partial charge is 0.224 e. The van der Waals surface area contributed by atoms with Crippen LogP contribution in [-0.4, -0.2) is 41.9 Å². The number of hydrogen-bond acceptors (Lipinski definition) is 3. The number of rotatable bonds is 7. The molecular weight excluding hydrogens is 406 g/mol. The number of piperidine rings is 2. The Morgan fingerprint density at radius 2 is 1.48 bits per heavy atom. The molecule has 5 heteroatoms.